The monoisotopic (exact) mass is 398 g/mol. The normalized spacial score (nSPS) is 28.0. The standard InChI is InChI=1S/C16H23FN6O5/c1-8(2)12(19)15(26)27-13-11(17)14(23-4-3-9(18)5-10(23)25)28-16(13,7-24)6-21-22-20/h3-5,8,11-14,24H,6-7,18-19H2,1-2H3/t11-,12?,13+,14-,16-/m1/s1. The van der Waals surface area contributed by atoms with E-state index in [0.29, 0.717) is 0 Å². The minimum absolute atomic E-state index is 0.169. The number of aliphatic hydroxyl groups excluding tert-OH is 1. The Labute approximate surface area is 159 Å². The summed E-state index contributed by atoms with van der Waals surface area (Å²) in [6.45, 7) is 2.00. The summed E-state index contributed by atoms with van der Waals surface area (Å²) < 4.78 is 27.0. The molecule has 0 aliphatic carbocycles. The Bertz CT molecular complexity index is 826. The fourth-order valence-corrected chi connectivity index (χ4v) is 2.84. The molecule has 154 valence electrons. The third-order valence-electron chi connectivity index (χ3n) is 4.58. The van der Waals surface area contributed by atoms with Gasteiger partial charge in [0.15, 0.2) is 18.5 Å². The highest BCUT2D eigenvalue weighted by Gasteiger charge is 2.58. The molecule has 1 aromatic rings. The molecule has 1 aromatic heterocycles. The Balaban J connectivity index is 2.44. The van der Waals surface area contributed by atoms with E-state index in [-0.39, 0.29) is 11.6 Å². The van der Waals surface area contributed by atoms with Gasteiger partial charge in [0, 0.05) is 22.9 Å². The van der Waals surface area contributed by atoms with Crippen LogP contribution in [0.4, 0.5) is 10.1 Å². The Kier molecular flexibility index (Phi) is 6.62. The first-order valence-corrected chi connectivity index (χ1v) is 8.54. The average molecular weight is 398 g/mol. The average Bonchev–Trinajstić information content (AvgIpc) is 2.92. The summed E-state index contributed by atoms with van der Waals surface area (Å²) in [4.78, 5) is 27.0. The van der Waals surface area contributed by atoms with Gasteiger partial charge >= 0.3 is 5.97 Å². The molecule has 1 unspecified atom stereocenters. The van der Waals surface area contributed by atoms with Crippen molar-refractivity contribution in [3.63, 3.8) is 0 Å². The maximum absolute atomic E-state index is 15.3. The molecule has 28 heavy (non-hydrogen) atoms. The van der Waals surface area contributed by atoms with E-state index in [4.69, 9.17) is 26.5 Å². The van der Waals surface area contributed by atoms with Crippen LogP contribution in [-0.2, 0) is 14.3 Å². The molecule has 0 spiro atoms. The molecule has 1 saturated heterocycles. The van der Waals surface area contributed by atoms with Gasteiger partial charge < -0.3 is 26.0 Å². The zero-order chi connectivity index (χ0) is 21.1. The number of rotatable bonds is 7. The lowest BCUT2D eigenvalue weighted by Crippen LogP contribution is -2.52. The number of nitrogens with zero attached hydrogens (tertiary/aromatic N) is 4. The fraction of sp³-hybridized carbons (Fsp3) is 0.625. The van der Waals surface area contributed by atoms with Crippen molar-refractivity contribution in [3.05, 3.63) is 39.1 Å². The van der Waals surface area contributed by atoms with E-state index in [1.807, 2.05) is 0 Å². The summed E-state index contributed by atoms with van der Waals surface area (Å²) in [6, 6.07) is 1.39. The van der Waals surface area contributed by atoms with E-state index in [1.54, 1.807) is 13.8 Å². The van der Waals surface area contributed by atoms with Gasteiger partial charge in [-0.15, -0.1) is 0 Å². The quantitative estimate of drug-likeness (QED) is 0.254. The number of carbonyl (C=O) groups excluding carboxylic acids is 1. The van der Waals surface area contributed by atoms with Gasteiger partial charge in [0.2, 0.25) is 0 Å². The molecule has 0 radical (unpaired) electrons. The fourth-order valence-electron chi connectivity index (χ4n) is 2.84. The molecule has 0 bridgehead atoms. The summed E-state index contributed by atoms with van der Waals surface area (Å²) in [7, 11) is 0. The zero-order valence-electron chi connectivity index (χ0n) is 15.4. The molecule has 1 aliphatic rings. The first kappa shape index (κ1) is 21.6. The first-order chi connectivity index (χ1) is 13.2. The van der Waals surface area contributed by atoms with Crippen LogP contribution in [0.2, 0.25) is 0 Å². The highest BCUT2D eigenvalue weighted by atomic mass is 19.1. The second-order valence-corrected chi connectivity index (χ2v) is 6.90. The summed E-state index contributed by atoms with van der Waals surface area (Å²) in [5.74, 6) is -1.20. The van der Waals surface area contributed by atoms with Crippen molar-refractivity contribution in [1.29, 1.82) is 0 Å². The molecule has 0 amide bonds. The van der Waals surface area contributed by atoms with Crippen LogP contribution in [0.3, 0.4) is 0 Å². The number of nitrogen functional groups attached to an aromatic ring is 1. The molecule has 1 fully saturated rings. The topological polar surface area (TPSA) is 179 Å². The van der Waals surface area contributed by atoms with E-state index in [9.17, 15) is 14.7 Å². The second kappa shape index (κ2) is 8.57. The zero-order valence-corrected chi connectivity index (χ0v) is 15.4. The Morgan fingerprint density at radius 1 is 1.61 bits per heavy atom. The van der Waals surface area contributed by atoms with Gasteiger partial charge in [0.05, 0.1) is 13.2 Å². The number of hydrogen-bond acceptors (Lipinski definition) is 8. The van der Waals surface area contributed by atoms with Gasteiger partial charge in [-0.3, -0.25) is 14.2 Å². The summed E-state index contributed by atoms with van der Waals surface area (Å²) in [5.41, 5.74) is 17.5. The van der Waals surface area contributed by atoms with Crippen molar-refractivity contribution >= 4 is 11.7 Å². The lowest BCUT2D eigenvalue weighted by atomic mass is 9.96. The minimum Gasteiger partial charge on any atom is -0.455 e. The number of anilines is 1. The van der Waals surface area contributed by atoms with Crippen LogP contribution in [-0.4, -0.2) is 52.7 Å². The molecular formula is C16H23FN6O5. The number of azide groups is 1. The molecule has 12 heteroatoms. The van der Waals surface area contributed by atoms with E-state index in [1.165, 1.54) is 12.3 Å². The van der Waals surface area contributed by atoms with E-state index in [2.05, 4.69) is 10.0 Å². The summed E-state index contributed by atoms with van der Waals surface area (Å²) >= 11 is 0. The lowest BCUT2D eigenvalue weighted by molar-refractivity contribution is -0.169. The molecule has 1 aliphatic heterocycles. The maximum atomic E-state index is 15.3. The van der Waals surface area contributed by atoms with Crippen molar-refractivity contribution in [2.24, 2.45) is 16.8 Å². The molecule has 5 N–H and O–H groups in total. The number of aliphatic hydroxyl groups is 1. The molecule has 11 nitrogen and oxygen atoms in total. The Morgan fingerprint density at radius 3 is 2.82 bits per heavy atom. The summed E-state index contributed by atoms with van der Waals surface area (Å²) in [6.07, 6.45) is -4.03. The minimum atomic E-state index is -2.05. The molecule has 2 rings (SSSR count). The van der Waals surface area contributed by atoms with Crippen molar-refractivity contribution in [2.45, 2.75) is 44.0 Å². The number of carbonyl (C=O) groups is 1. The van der Waals surface area contributed by atoms with Crippen LogP contribution in [0.25, 0.3) is 10.4 Å². The highest BCUT2D eigenvalue weighted by Crippen LogP contribution is 2.41. The van der Waals surface area contributed by atoms with E-state index >= 15 is 4.39 Å². The smallest absolute Gasteiger partial charge is 0.323 e. The van der Waals surface area contributed by atoms with Gasteiger partial charge in [-0.05, 0) is 17.5 Å². The van der Waals surface area contributed by atoms with Crippen LogP contribution in [0.5, 0.6) is 0 Å². The number of esters is 1. The van der Waals surface area contributed by atoms with Gasteiger partial charge in [-0.2, -0.15) is 0 Å². The van der Waals surface area contributed by atoms with E-state index < -0.39 is 54.8 Å². The predicted octanol–water partition coefficient (Wildman–Crippen LogP) is 0.234. The van der Waals surface area contributed by atoms with Crippen LogP contribution < -0.4 is 17.0 Å². The second-order valence-electron chi connectivity index (χ2n) is 6.90. The number of aromatic nitrogens is 1. The molecule has 5 atom stereocenters. The number of ether oxygens (including phenoxy) is 2. The maximum Gasteiger partial charge on any atom is 0.323 e. The van der Waals surface area contributed by atoms with Crippen molar-refractivity contribution in [1.82, 2.24) is 4.57 Å². The molecular weight excluding hydrogens is 375 g/mol. The molecule has 0 aromatic carbocycles. The van der Waals surface area contributed by atoms with Crippen molar-refractivity contribution < 1.29 is 23.8 Å². The lowest BCUT2D eigenvalue weighted by Gasteiger charge is -2.31. The van der Waals surface area contributed by atoms with Crippen LogP contribution in [0.15, 0.2) is 28.2 Å². The van der Waals surface area contributed by atoms with E-state index in [0.717, 1.165) is 10.6 Å². The molecule has 2 heterocycles. The SMILES string of the molecule is CC(C)C(N)C(=O)O[C@H]1[C@@H](F)[C@H](n2ccc(N)cc2=O)O[C@@]1(CO)CN=[N+]=[N-]. The van der Waals surface area contributed by atoms with Crippen LogP contribution in [0.1, 0.15) is 20.1 Å². The van der Waals surface area contributed by atoms with Crippen molar-refractivity contribution in [2.75, 3.05) is 18.9 Å². The Morgan fingerprint density at radius 2 is 2.29 bits per heavy atom. The van der Waals surface area contributed by atoms with Gasteiger partial charge in [0.1, 0.15) is 11.6 Å². The molecule has 0 saturated carbocycles. The van der Waals surface area contributed by atoms with Gasteiger partial charge in [0.25, 0.3) is 5.56 Å². The first-order valence-electron chi connectivity index (χ1n) is 8.54. The number of alkyl halides is 1. The number of halogens is 1. The third-order valence-corrected chi connectivity index (χ3v) is 4.58. The number of hydrogen-bond donors (Lipinski definition) is 3. The van der Waals surface area contributed by atoms with Gasteiger partial charge in [-0.25, -0.2) is 4.39 Å². The summed E-state index contributed by atoms with van der Waals surface area (Å²) in [5, 5.41) is 13.2. The highest BCUT2D eigenvalue weighted by molar-refractivity contribution is 5.76. The Hall–Kier alpha value is -2.66. The predicted molar refractivity (Wildman–Crippen MR) is 96.7 cm³/mol. The number of nitrogens with two attached hydrogens (primary N) is 2. The van der Waals surface area contributed by atoms with Gasteiger partial charge in [-0.1, -0.05) is 19.0 Å². The van der Waals surface area contributed by atoms with Crippen molar-refractivity contribution in [3.8, 4) is 0 Å². The van der Waals surface area contributed by atoms with Crippen LogP contribution >= 0.6 is 0 Å². The van der Waals surface area contributed by atoms with Crippen LogP contribution in [0, 0.1) is 5.92 Å². The largest absolute Gasteiger partial charge is 0.455 e. The number of pyridine rings is 1. The third kappa shape index (κ3) is 4.09.